The Hall–Kier alpha value is -1.36. The first-order valence-electron chi connectivity index (χ1n) is 4.66. The van der Waals surface area contributed by atoms with Gasteiger partial charge in [0.05, 0.1) is 19.9 Å². The van der Waals surface area contributed by atoms with Crippen molar-refractivity contribution in [1.29, 1.82) is 0 Å². The molecule has 0 radical (unpaired) electrons. The number of carbonyl (C=O) groups is 1. The molecular formula is C11H10BrNO3. The van der Waals surface area contributed by atoms with E-state index in [0.717, 1.165) is 0 Å². The summed E-state index contributed by atoms with van der Waals surface area (Å²) in [6.07, 6.45) is 1.57. The summed E-state index contributed by atoms with van der Waals surface area (Å²) in [5.41, 5.74) is 1.15. The maximum Gasteiger partial charge on any atom is 0.184 e. The van der Waals surface area contributed by atoms with Crippen LogP contribution in [0, 0.1) is 0 Å². The van der Waals surface area contributed by atoms with Gasteiger partial charge in [0.2, 0.25) is 0 Å². The molecule has 84 valence electrons. The Balaban J connectivity index is 2.59. The largest absolute Gasteiger partial charge is 0.493 e. The molecule has 4 nitrogen and oxygen atoms in total. The molecule has 0 spiro atoms. The van der Waals surface area contributed by atoms with Gasteiger partial charge in [-0.1, -0.05) is 15.9 Å². The first-order valence-corrected chi connectivity index (χ1v) is 5.57. The number of carbonyl (C=O) groups excluding carboxylic acids is 1. The van der Waals surface area contributed by atoms with Crippen LogP contribution in [0.25, 0.3) is 0 Å². The standard InChI is InChI=1S/C11H10BrNO3/c1-15-9-3-6-8(4-10(9)16-2)13-5-7(12)11(6)14/h3-5,7H,1-2H3. The van der Waals surface area contributed by atoms with E-state index in [1.807, 2.05) is 0 Å². The maximum atomic E-state index is 11.8. The summed E-state index contributed by atoms with van der Waals surface area (Å²) in [7, 11) is 3.08. The van der Waals surface area contributed by atoms with Gasteiger partial charge in [-0.15, -0.1) is 0 Å². The fourth-order valence-electron chi connectivity index (χ4n) is 1.53. The zero-order chi connectivity index (χ0) is 11.7. The minimum atomic E-state index is -0.363. The van der Waals surface area contributed by atoms with Crippen LogP contribution >= 0.6 is 15.9 Å². The molecule has 1 unspecified atom stereocenters. The molecule has 1 aromatic rings. The summed E-state index contributed by atoms with van der Waals surface area (Å²) in [6, 6.07) is 3.35. The molecule has 1 heterocycles. The number of hydrogen-bond acceptors (Lipinski definition) is 4. The van der Waals surface area contributed by atoms with Crippen LogP contribution in [0.4, 0.5) is 5.69 Å². The van der Waals surface area contributed by atoms with Gasteiger partial charge in [0.15, 0.2) is 17.3 Å². The summed E-state index contributed by atoms with van der Waals surface area (Å²) >= 11 is 3.23. The number of halogens is 1. The second-order valence-corrected chi connectivity index (χ2v) is 4.26. The Labute approximate surface area is 101 Å². The monoisotopic (exact) mass is 283 g/mol. The predicted molar refractivity (Wildman–Crippen MR) is 64.7 cm³/mol. The molecule has 0 fully saturated rings. The first-order chi connectivity index (χ1) is 7.67. The van der Waals surface area contributed by atoms with Crippen molar-refractivity contribution < 1.29 is 14.3 Å². The normalized spacial score (nSPS) is 18.2. The van der Waals surface area contributed by atoms with Gasteiger partial charge >= 0.3 is 0 Å². The molecule has 5 heteroatoms. The van der Waals surface area contributed by atoms with E-state index in [0.29, 0.717) is 22.7 Å². The number of Topliss-reactive ketones (excluding diaryl/α,β-unsaturated/α-hetero) is 1. The third-order valence-corrected chi connectivity index (χ3v) is 3.01. The number of hydrogen-bond donors (Lipinski definition) is 0. The van der Waals surface area contributed by atoms with Gasteiger partial charge in [-0.3, -0.25) is 9.79 Å². The topological polar surface area (TPSA) is 47.9 Å². The molecule has 1 aliphatic heterocycles. The highest BCUT2D eigenvalue weighted by atomic mass is 79.9. The van der Waals surface area contributed by atoms with Gasteiger partial charge in [-0.25, -0.2) is 0 Å². The molecule has 1 atom stereocenters. The van der Waals surface area contributed by atoms with Crippen molar-refractivity contribution in [2.45, 2.75) is 4.83 Å². The summed E-state index contributed by atoms with van der Waals surface area (Å²) < 4.78 is 10.3. The minimum Gasteiger partial charge on any atom is -0.493 e. The molecular weight excluding hydrogens is 274 g/mol. The van der Waals surface area contributed by atoms with Crippen molar-refractivity contribution in [3.05, 3.63) is 17.7 Å². The van der Waals surface area contributed by atoms with Crippen molar-refractivity contribution in [2.75, 3.05) is 14.2 Å². The molecule has 1 aliphatic rings. The van der Waals surface area contributed by atoms with Crippen LogP contribution in [0.5, 0.6) is 11.5 Å². The van der Waals surface area contributed by atoms with Crippen molar-refractivity contribution >= 4 is 33.6 Å². The molecule has 2 rings (SSSR count). The van der Waals surface area contributed by atoms with E-state index >= 15 is 0 Å². The molecule has 16 heavy (non-hydrogen) atoms. The van der Waals surface area contributed by atoms with E-state index in [9.17, 15) is 4.79 Å². The number of nitrogens with zero attached hydrogens (tertiary/aromatic N) is 1. The van der Waals surface area contributed by atoms with E-state index in [1.165, 1.54) is 7.11 Å². The molecule has 0 aromatic heterocycles. The Bertz CT molecular complexity index is 471. The molecule has 0 aliphatic carbocycles. The van der Waals surface area contributed by atoms with Crippen LogP contribution in [0.2, 0.25) is 0 Å². The van der Waals surface area contributed by atoms with Crippen LogP contribution in [0.1, 0.15) is 10.4 Å². The summed E-state index contributed by atoms with van der Waals surface area (Å²) in [5, 5.41) is 0. The Morgan fingerprint density at radius 1 is 1.25 bits per heavy atom. The third-order valence-electron chi connectivity index (χ3n) is 2.36. The lowest BCUT2D eigenvalue weighted by molar-refractivity contribution is 0.101. The van der Waals surface area contributed by atoms with E-state index in [-0.39, 0.29) is 10.6 Å². The fraction of sp³-hybridized carbons (Fsp3) is 0.273. The Morgan fingerprint density at radius 2 is 1.88 bits per heavy atom. The highest BCUT2D eigenvalue weighted by Gasteiger charge is 2.24. The average Bonchev–Trinajstić information content (AvgIpc) is 2.32. The van der Waals surface area contributed by atoms with Gasteiger partial charge in [-0.05, 0) is 6.07 Å². The molecule has 0 bridgehead atoms. The fourth-order valence-corrected chi connectivity index (χ4v) is 1.90. The zero-order valence-electron chi connectivity index (χ0n) is 8.86. The highest BCUT2D eigenvalue weighted by Crippen LogP contribution is 2.37. The van der Waals surface area contributed by atoms with Gasteiger partial charge < -0.3 is 9.47 Å². The van der Waals surface area contributed by atoms with Crippen molar-refractivity contribution in [2.24, 2.45) is 4.99 Å². The van der Waals surface area contributed by atoms with Gasteiger partial charge in [0, 0.05) is 17.8 Å². The Kier molecular flexibility index (Phi) is 2.96. The number of fused-ring (bicyclic) bond motifs is 1. The number of alkyl halides is 1. The van der Waals surface area contributed by atoms with Crippen LogP contribution in [-0.2, 0) is 0 Å². The number of methoxy groups -OCH3 is 2. The first kappa shape index (κ1) is 11.1. The molecule has 0 amide bonds. The van der Waals surface area contributed by atoms with Gasteiger partial charge in [-0.2, -0.15) is 0 Å². The molecule has 0 N–H and O–H groups in total. The lowest BCUT2D eigenvalue weighted by atomic mass is 10.0. The minimum absolute atomic E-state index is 0.0223. The molecule has 0 saturated heterocycles. The molecule has 1 aromatic carbocycles. The lowest BCUT2D eigenvalue weighted by Gasteiger charge is -2.15. The SMILES string of the molecule is COc1cc2c(cc1OC)C(=O)C(Br)C=N2. The predicted octanol–water partition coefficient (Wildman–Crippen LogP) is 2.37. The van der Waals surface area contributed by atoms with Crippen LogP contribution < -0.4 is 9.47 Å². The molecule has 0 saturated carbocycles. The highest BCUT2D eigenvalue weighted by molar-refractivity contribution is 9.10. The van der Waals surface area contributed by atoms with Gasteiger partial charge in [0.1, 0.15) is 4.83 Å². The third kappa shape index (κ3) is 1.71. The number of ketones is 1. The quantitative estimate of drug-likeness (QED) is 0.783. The summed E-state index contributed by atoms with van der Waals surface area (Å²) in [5.74, 6) is 1.08. The van der Waals surface area contributed by atoms with Crippen LogP contribution in [0.3, 0.4) is 0 Å². The van der Waals surface area contributed by atoms with Crippen molar-refractivity contribution in [3.63, 3.8) is 0 Å². The number of ether oxygens (including phenoxy) is 2. The summed E-state index contributed by atoms with van der Waals surface area (Å²) in [6.45, 7) is 0. The van der Waals surface area contributed by atoms with E-state index in [1.54, 1.807) is 25.5 Å². The number of benzene rings is 1. The average molecular weight is 284 g/mol. The summed E-state index contributed by atoms with van der Waals surface area (Å²) in [4.78, 5) is 15.7. The number of rotatable bonds is 2. The van der Waals surface area contributed by atoms with Gasteiger partial charge in [0.25, 0.3) is 0 Å². The van der Waals surface area contributed by atoms with Crippen LogP contribution in [0.15, 0.2) is 17.1 Å². The van der Waals surface area contributed by atoms with Crippen molar-refractivity contribution in [1.82, 2.24) is 0 Å². The Morgan fingerprint density at radius 3 is 2.50 bits per heavy atom. The van der Waals surface area contributed by atoms with Crippen molar-refractivity contribution in [3.8, 4) is 11.5 Å². The van der Waals surface area contributed by atoms with E-state index in [4.69, 9.17) is 9.47 Å². The lowest BCUT2D eigenvalue weighted by Crippen LogP contribution is -2.19. The van der Waals surface area contributed by atoms with E-state index in [2.05, 4.69) is 20.9 Å². The smallest absolute Gasteiger partial charge is 0.184 e. The van der Waals surface area contributed by atoms with E-state index < -0.39 is 0 Å². The maximum absolute atomic E-state index is 11.8. The second kappa shape index (κ2) is 4.25. The van der Waals surface area contributed by atoms with Crippen LogP contribution in [-0.4, -0.2) is 31.0 Å². The second-order valence-electron chi connectivity index (χ2n) is 3.27. The number of aliphatic imine (C=N–C) groups is 1. The zero-order valence-corrected chi connectivity index (χ0v) is 10.4.